The maximum absolute atomic E-state index is 12.5. The fourth-order valence-corrected chi connectivity index (χ4v) is 3.27. The highest BCUT2D eigenvalue weighted by Crippen LogP contribution is 2.29. The molecule has 0 fully saturated rings. The van der Waals surface area contributed by atoms with E-state index >= 15 is 0 Å². The molecule has 0 spiro atoms. The predicted octanol–water partition coefficient (Wildman–Crippen LogP) is 4.99. The van der Waals surface area contributed by atoms with E-state index in [2.05, 4.69) is 31.4 Å². The van der Waals surface area contributed by atoms with Gasteiger partial charge in [-0.15, -0.1) is 11.8 Å². The average Bonchev–Trinajstić information content (AvgIpc) is 2.61. The van der Waals surface area contributed by atoms with Crippen molar-refractivity contribution >= 4 is 35.0 Å². The fourth-order valence-electron chi connectivity index (χ4n) is 2.59. The molecule has 0 aromatic heterocycles. The second-order valence-corrected chi connectivity index (χ2v) is 8.98. The minimum absolute atomic E-state index is 0.0613. The summed E-state index contributed by atoms with van der Waals surface area (Å²) in [6.07, 6.45) is 0. The summed E-state index contributed by atoms with van der Waals surface area (Å²) in [4.78, 5) is 24.6. The molecule has 2 aromatic rings. The number of amides is 2. The Bertz CT molecular complexity index is 795. The number of para-hydroxylation sites is 1. The van der Waals surface area contributed by atoms with E-state index in [4.69, 9.17) is 0 Å². The normalized spacial score (nSPS) is 12.3. The van der Waals surface area contributed by atoms with Crippen molar-refractivity contribution in [2.45, 2.75) is 45.3 Å². The molecule has 2 N–H and O–H groups in total. The summed E-state index contributed by atoms with van der Waals surface area (Å²) in [5.74, 6) is 0.0158. The van der Waals surface area contributed by atoms with E-state index in [1.807, 2.05) is 62.4 Å². The molecule has 144 valence electrons. The van der Waals surface area contributed by atoms with Crippen molar-refractivity contribution in [2.75, 3.05) is 16.4 Å². The maximum atomic E-state index is 12.5. The summed E-state index contributed by atoms with van der Waals surface area (Å²) in [5.41, 5.74) is 3.76. The van der Waals surface area contributed by atoms with Crippen LogP contribution in [0.4, 0.5) is 11.4 Å². The quantitative estimate of drug-likeness (QED) is 0.737. The van der Waals surface area contributed by atoms with Gasteiger partial charge in [0.25, 0.3) is 0 Å². The zero-order chi connectivity index (χ0) is 20.0. The van der Waals surface area contributed by atoms with Gasteiger partial charge in [0, 0.05) is 11.4 Å². The van der Waals surface area contributed by atoms with E-state index in [1.165, 1.54) is 11.8 Å². The second kappa shape index (κ2) is 9.09. The van der Waals surface area contributed by atoms with Crippen LogP contribution >= 0.6 is 11.8 Å². The topological polar surface area (TPSA) is 58.2 Å². The molecule has 0 heterocycles. The van der Waals surface area contributed by atoms with Crippen molar-refractivity contribution in [1.82, 2.24) is 0 Å². The number of benzene rings is 2. The molecule has 4 nitrogen and oxygen atoms in total. The lowest BCUT2D eigenvalue weighted by atomic mass is 9.86. The number of carbonyl (C=O) groups excluding carboxylic acids is 2. The minimum Gasteiger partial charge on any atom is -0.325 e. The summed E-state index contributed by atoms with van der Waals surface area (Å²) in [6.45, 7) is 10.2. The van der Waals surface area contributed by atoms with Gasteiger partial charge in [0.2, 0.25) is 11.8 Å². The number of anilines is 2. The lowest BCUT2D eigenvalue weighted by Gasteiger charge is -2.23. The molecule has 27 heavy (non-hydrogen) atoms. The molecule has 2 aromatic carbocycles. The van der Waals surface area contributed by atoms with Gasteiger partial charge in [-0.1, -0.05) is 56.7 Å². The maximum Gasteiger partial charge on any atom is 0.237 e. The smallest absolute Gasteiger partial charge is 0.237 e. The van der Waals surface area contributed by atoms with E-state index in [0.717, 1.165) is 22.5 Å². The number of hydrogen-bond acceptors (Lipinski definition) is 3. The number of aryl methyl sites for hydroxylation is 1. The first-order valence-corrected chi connectivity index (χ1v) is 10.1. The van der Waals surface area contributed by atoms with Crippen molar-refractivity contribution < 1.29 is 9.59 Å². The molecule has 1 unspecified atom stereocenters. The van der Waals surface area contributed by atoms with Crippen LogP contribution in [0.5, 0.6) is 0 Å². The van der Waals surface area contributed by atoms with Crippen LogP contribution in [0.25, 0.3) is 0 Å². The molecule has 0 radical (unpaired) electrons. The molecule has 0 bridgehead atoms. The molecule has 0 saturated heterocycles. The van der Waals surface area contributed by atoms with Gasteiger partial charge in [0.15, 0.2) is 0 Å². The SMILES string of the molecule is Cc1ccc(NC(=O)CSC(C)C(=O)Nc2ccccc2C(C)(C)C)cc1. The first kappa shape index (κ1) is 21.0. The Kier molecular flexibility index (Phi) is 7.08. The summed E-state index contributed by atoms with van der Waals surface area (Å²) >= 11 is 1.32. The van der Waals surface area contributed by atoms with Crippen molar-refractivity contribution in [2.24, 2.45) is 0 Å². The Labute approximate surface area is 166 Å². The molecule has 0 aliphatic rings. The molecule has 0 saturated carbocycles. The Morgan fingerprint density at radius 1 is 1.00 bits per heavy atom. The zero-order valence-electron chi connectivity index (χ0n) is 16.6. The van der Waals surface area contributed by atoms with Gasteiger partial charge in [0.1, 0.15) is 0 Å². The van der Waals surface area contributed by atoms with Crippen LogP contribution in [0, 0.1) is 6.92 Å². The summed E-state index contributed by atoms with van der Waals surface area (Å²) in [6, 6.07) is 15.5. The third kappa shape index (κ3) is 6.43. The van der Waals surface area contributed by atoms with Crippen LogP contribution < -0.4 is 10.6 Å². The monoisotopic (exact) mass is 384 g/mol. The third-order valence-electron chi connectivity index (χ3n) is 4.16. The van der Waals surface area contributed by atoms with Crippen molar-refractivity contribution in [3.05, 3.63) is 59.7 Å². The molecule has 2 amide bonds. The average molecular weight is 385 g/mol. The van der Waals surface area contributed by atoms with Crippen molar-refractivity contribution in [1.29, 1.82) is 0 Å². The van der Waals surface area contributed by atoms with Gasteiger partial charge in [-0.2, -0.15) is 0 Å². The molecule has 1 atom stereocenters. The molecular formula is C22H28N2O2S. The van der Waals surface area contributed by atoms with Gasteiger partial charge in [0.05, 0.1) is 11.0 Å². The number of nitrogens with one attached hydrogen (secondary N) is 2. The highest BCUT2D eigenvalue weighted by Gasteiger charge is 2.21. The van der Waals surface area contributed by atoms with Crippen molar-refractivity contribution in [3.63, 3.8) is 0 Å². The van der Waals surface area contributed by atoms with Crippen LogP contribution in [0.2, 0.25) is 0 Å². The summed E-state index contributed by atoms with van der Waals surface area (Å²) in [7, 11) is 0. The van der Waals surface area contributed by atoms with E-state index in [0.29, 0.717) is 0 Å². The standard InChI is InChI=1S/C22H28N2O2S/c1-15-10-12-17(13-11-15)23-20(25)14-27-16(2)21(26)24-19-9-7-6-8-18(19)22(3,4)5/h6-13,16H,14H2,1-5H3,(H,23,25)(H,24,26). The molecule has 2 rings (SSSR count). The van der Waals surface area contributed by atoms with Gasteiger partial charge in [-0.25, -0.2) is 0 Å². The number of thioether (sulfide) groups is 1. The minimum atomic E-state index is -0.332. The van der Waals surface area contributed by atoms with Gasteiger partial charge in [-0.05, 0) is 43.0 Å². The zero-order valence-corrected chi connectivity index (χ0v) is 17.4. The molecular weight excluding hydrogens is 356 g/mol. The fraction of sp³-hybridized carbons (Fsp3) is 0.364. The number of hydrogen-bond donors (Lipinski definition) is 2. The molecule has 5 heteroatoms. The van der Waals surface area contributed by atoms with Crippen molar-refractivity contribution in [3.8, 4) is 0 Å². The van der Waals surface area contributed by atoms with Gasteiger partial charge >= 0.3 is 0 Å². The Balaban J connectivity index is 1.89. The Morgan fingerprint density at radius 3 is 2.26 bits per heavy atom. The van der Waals surface area contributed by atoms with Gasteiger partial charge < -0.3 is 10.6 Å². The second-order valence-electron chi connectivity index (χ2n) is 7.65. The predicted molar refractivity (Wildman–Crippen MR) is 116 cm³/mol. The van der Waals surface area contributed by atoms with Crippen LogP contribution in [0.3, 0.4) is 0 Å². The lowest BCUT2D eigenvalue weighted by molar-refractivity contribution is -0.115. The van der Waals surface area contributed by atoms with Crippen LogP contribution in [-0.4, -0.2) is 22.8 Å². The third-order valence-corrected chi connectivity index (χ3v) is 5.30. The van der Waals surface area contributed by atoms with E-state index < -0.39 is 0 Å². The largest absolute Gasteiger partial charge is 0.325 e. The Morgan fingerprint density at radius 2 is 1.63 bits per heavy atom. The van der Waals surface area contributed by atoms with E-state index in [9.17, 15) is 9.59 Å². The summed E-state index contributed by atoms with van der Waals surface area (Å²) in [5, 5.41) is 5.52. The van der Waals surface area contributed by atoms with Crippen LogP contribution in [0.1, 0.15) is 38.8 Å². The van der Waals surface area contributed by atoms with E-state index in [1.54, 1.807) is 0 Å². The van der Waals surface area contributed by atoms with Crippen LogP contribution in [-0.2, 0) is 15.0 Å². The molecule has 0 aliphatic heterocycles. The number of carbonyl (C=O) groups is 2. The highest BCUT2D eigenvalue weighted by atomic mass is 32.2. The highest BCUT2D eigenvalue weighted by molar-refractivity contribution is 8.01. The van der Waals surface area contributed by atoms with Gasteiger partial charge in [-0.3, -0.25) is 9.59 Å². The molecule has 0 aliphatic carbocycles. The lowest BCUT2D eigenvalue weighted by Crippen LogP contribution is -2.26. The first-order chi connectivity index (χ1) is 12.7. The van der Waals surface area contributed by atoms with Crippen LogP contribution in [0.15, 0.2) is 48.5 Å². The Hall–Kier alpha value is -2.27. The first-order valence-electron chi connectivity index (χ1n) is 9.05. The number of rotatable bonds is 6. The summed E-state index contributed by atoms with van der Waals surface area (Å²) < 4.78 is 0. The van der Waals surface area contributed by atoms with E-state index in [-0.39, 0.29) is 28.2 Å².